The van der Waals surface area contributed by atoms with E-state index in [9.17, 15) is 18.0 Å². The van der Waals surface area contributed by atoms with Gasteiger partial charge in [-0.3, -0.25) is 13.9 Å². The minimum Gasteiger partial charge on any atom is -0.497 e. The summed E-state index contributed by atoms with van der Waals surface area (Å²) in [4.78, 5) is 28.5. The smallest absolute Gasteiger partial charge is 0.264 e. The first-order chi connectivity index (χ1) is 18.2. The zero-order chi connectivity index (χ0) is 27.7. The van der Waals surface area contributed by atoms with E-state index in [0.29, 0.717) is 24.4 Å². The molecule has 0 aliphatic heterocycles. The first kappa shape index (κ1) is 28.7. The third kappa shape index (κ3) is 6.92. The number of anilines is 1. The summed E-state index contributed by atoms with van der Waals surface area (Å²) in [6, 6.07) is 21.4. The summed E-state index contributed by atoms with van der Waals surface area (Å²) in [6.45, 7) is 5.58. The third-order valence-corrected chi connectivity index (χ3v) is 7.94. The zero-order valence-corrected chi connectivity index (χ0v) is 23.1. The van der Waals surface area contributed by atoms with Gasteiger partial charge in [-0.05, 0) is 62.2 Å². The maximum atomic E-state index is 13.9. The number of hydrogen-bond acceptors (Lipinski definition) is 5. The quantitative estimate of drug-likeness (QED) is 0.375. The molecule has 0 aliphatic carbocycles. The fourth-order valence-electron chi connectivity index (χ4n) is 4.14. The molecule has 0 aliphatic rings. The number of ether oxygens (including phenoxy) is 1. The lowest BCUT2D eigenvalue weighted by Crippen LogP contribution is -2.52. The molecule has 8 nitrogen and oxygen atoms in total. The van der Waals surface area contributed by atoms with Gasteiger partial charge in [-0.1, -0.05) is 55.0 Å². The van der Waals surface area contributed by atoms with Gasteiger partial charge in [-0.15, -0.1) is 0 Å². The van der Waals surface area contributed by atoms with Crippen molar-refractivity contribution in [2.45, 2.75) is 44.7 Å². The van der Waals surface area contributed by atoms with E-state index in [-0.39, 0.29) is 17.3 Å². The fourth-order valence-corrected chi connectivity index (χ4v) is 5.57. The summed E-state index contributed by atoms with van der Waals surface area (Å²) in [6.07, 6.45) is 0.359. The number of carbonyl (C=O) groups is 2. The monoisotopic (exact) mass is 537 g/mol. The highest BCUT2D eigenvalue weighted by Gasteiger charge is 2.33. The minimum absolute atomic E-state index is 0.0727. The molecule has 9 heteroatoms. The molecule has 3 rings (SSSR count). The van der Waals surface area contributed by atoms with Crippen LogP contribution in [0.15, 0.2) is 83.8 Å². The largest absolute Gasteiger partial charge is 0.497 e. The van der Waals surface area contributed by atoms with Crippen LogP contribution in [0.3, 0.4) is 0 Å². The molecule has 2 amide bonds. The zero-order valence-electron chi connectivity index (χ0n) is 22.3. The maximum Gasteiger partial charge on any atom is 0.264 e. The first-order valence-corrected chi connectivity index (χ1v) is 14.0. The van der Waals surface area contributed by atoms with Crippen LogP contribution in [0.4, 0.5) is 5.69 Å². The molecule has 1 atom stereocenters. The van der Waals surface area contributed by atoms with E-state index in [4.69, 9.17) is 4.74 Å². The molecule has 1 unspecified atom stereocenters. The summed E-state index contributed by atoms with van der Waals surface area (Å²) in [5, 5.41) is 2.80. The Balaban J connectivity index is 2.05. The van der Waals surface area contributed by atoms with E-state index in [0.717, 1.165) is 15.4 Å². The van der Waals surface area contributed by atoms with E-state index in [1.54, 1.807) is 61.7 Å². The van der Waals surface area contributed by atoms with Crippen LogP contribution in [-0.2, 0) is 26.2 Å². The third-order valence-electron chi connectivity index (χ3n) is 6.16. The normalized spacial score (nSPS) is 11.9. The molecular weight excluding hydrogens is 502 g/mol. The minimum atomic E-state index is -4.08. The van der Waals surface area contributed by atoms with E-state index in [1.807, 2.05) is 32.9 Å². The van der Waals surface area contributed by atoms with E-state index < -0.39 is 28.5 Å². The standard InChI is InChI=1S/C29H35N3O5S/c1-5-27(29(34)30-6-2)31(20-23-11-10-12-25(19-23)37-4)28(33)21-32(24-17-15-22(3)16-18-24)38(35,36)26-13-8-7-9-14-26/h7-19,27H,5-6,20-21H2,1-4H3,(H,30,34). The Hall–Kier alpha value is -3.85. The molecule has 0 saturated carbocycles. The van der Waals surface area contributed by atoms with Crippen LogP contribution in [0.1, 0.15) is 31.4 Å². The lowest BCUT2D eigenvalue weighted by atomic mass is 10.1. The molecule has 0 radical (unpaired) electrons. The van der Waals surface area contributed by atoms with Crippen molar-refractivity contribution in [3.63, 3.8) is 0 Å². The molecular formula is C29H35N3O5S. The Labute approximate surface area is 225 Å². The molecule has 0 spiro atoms. The number of methoxy groups -OCH3 is 1. The van der Waals surface area contributed by atoms with Crippen molar-refractivity contribution in [3.8, 4) is 5.75 Å². The number of likely N-dealkylation sites (N-methyl/N-ethyl adjacent to an activating group) is 1. The Kier molecular flexibility index (Phi) is 9.90. The molecule has 0 bridgehead atoms. The van der Waals surface area contributed by atoms with Crippen LogP contribution in [-0.4, -0.2) is 51.4 Å². The number of amides is 2. The topological polar surface area (TPSA) is 96.0 Å². The second-order valence-corrected chi connectivity index (χ2v) is 10.7. The summed E-state index contributed by atoms with van der Waals surface area (Å²) in [5.41, 5.74) is 2.08. The van der Waals surface area contributed by atoms with Crippen molar-refractivity contribution in [2.75, 3.05) is 24.5 Å². The van der Waals surface area contributed by atoms with Gasteiger partial charge in [-0.2, -0.15) is 0 Å². The number of nitrogens with zero attached hydrogens (tertiary/aromatic N) is 2. The van der Waals surface area contributed by atoms with E-state index in [2.05, 4.69) is 5.32 Å². The summed E-state index contributed by atoms with van der Waals surface area (Å²) in [7, 11) is -2.52. The highest BCUT2D eigenvalue weighted by atomic mass is 32.2. The van der Waals surface area contributed by atoms with Gasteiger partial charge in [0.2, 0.25) is 11.8 Å². The predicted molar refractivity (Wildman–Crippen MR) is 148 cm³/mol. The number of sulfonamides is 1. The highest BCUT2D eigenvalue weighted by molar-refractivity contribution is 7.92. The van der Waals surface area contributed by atoms with Crippen LogP contribution in [0, 0.1) is 6.92 Å². The predicted octanol–water partition coefficient (Wildman–Crippen LogP) is 4.14. The molecule has 0 heterocycles. The number of carbonyl (C=O) groups excluding carboxylic acids is 2. The summed E-state index contributed by atoms with van der Waals surface area (Å²) < 4.78 is 33.9. The average Bonchev–Trinajstić information content (AvgIpc) is 2.92. The van der Waals surface area contributed by atoms with Crippen molar-refractivity contribution >= 4 is 27.5 Å². The van der Waals surface area contributed by atoms with Crippen molar-refractivity contribution in [1.29, 1.82) is 0 Å². The van der Waals surface area contributed by atoms with Gasteiger partial charge in [0.1, 0.15) is 18.3 Å². The van der Waals surface area contributed by atoms with E-state index in [1.165, 1.54) is 17.0 Å². The highest BCUT2D eigenvalue weighted by Crippen LogP contribution is 2.25. The second kappa shape index (κ2) is 13.1. The van der Waals surface area contributed by atoms with Crippen LogP contribution in [0.2, 0.25) is 0 Å². The molecule has 0 saturated heterocycles. The van der Waals surface area contributed by atoms with Gasteiger partial charge in [0.15, 0.2) is 0 Å². The first-order valence-electron chi connectivity index (χ1n) is 12.6. The van der Waals surface area contributed by atoms with Crippen LogP contribution in [0.5, 0.6) is 5.75 Å². The molecule has 3 aromatic carbocycles. The lowest BCUT2D eigenvalue weighted by molar-refractivity contribution is -0.140. The van der Waals surface area contributed by atoms with Crippen LogP contribution in [0.25, 0.3) is 0 Å². The van der Waals surface area contributed by atoms with Crippen molar-refractivity contribution in [1.82, 2.24) is 10.2 Å². The van der Waals surface area contributed by atoms with Gasteiger partial charge in [0.05, 0.1) is 17.7 Å². The number of benzene rings is 3. The van der Waals surface area contributed by atoms with Gasteiger partial charge in [0, 0.05) is 13.1 Å². The van der Waals surface area contributed by atoms with Crippen molar-refractivity contribution in [2.24, 2.45) is 0 Å². The molecule has 202 valence electrons. The van der Waals surface area contributed by atoms with Crippen LogP contribution >= 0.6 is 0 Å². The number of hydrogen-bond donors (Lipinski definition) is 1. The van der Waals surface area contributed by atoms with Gasteiger partial charge in [-0.25, -0.2) is 8.42 Å². The average molecular weight is 538 g/mol. The molecule has 0 fully saturated rings. The Morgan fingerprint density at radius 1 is 0.947 bits per heavy atom. The van der Waals surface area contributed by atoms with Crippen LogP contribution < -0.4 is 14.4 Å². The summed E-state index contributed by atoms with van der Waals surface area (Å²) in [5.74, 6) is -0.168. The second-order valence-electron chi connectivity index (χ2n) is 8.85. The molecule has 3 aromatic rings. The van der Waals surface area contributed by atoms with Crippen molar-refractivity contribution in [3.05, 3.63) is 90.0 Å². The molecule has 38 heavy (non-hydrogen) atoms. The van der Waals surface area contributed by atoms with Gasteiger partial charge >= 0.3 is 0 Å². The maximum absolute atomic E-state index is 13.9. The number of rotatable bonds is 12. The van der Waals surface area contributed by atoms with Gasteiger partial charge in [0.25, 0.3) is 10.0 Å². The Bertz CT molecular complexity index is 1330. The number of aryl methyl sites for hydroxylation is 1. The van der Waals surface area contributed by atoms with Crippen molar-refractivity contribution < 1.29 is 22.7 Å². The molecule has 1 N–H and O–H groups in total. The Morgan fingerprint density at radius 3 is 2.24 bits per heavy atom. The SMILES string of the molecule is CCNC(=O)C(CC)N(Cc1cccc(OC)c1)C(=O)CN(c1ccc(C)cc1)S(=O)(=O)c1ccccc1. The number of nitrogens with one attached hydrogen (secondary N) is 1. The van der Waals surface area contributed by atoms with E-state index >= 15 is 0 Å². The lowest BCUT2D eigenvalue weighted by Gasteiger charge is -2.33. The molecule has 0 aromatic heterocycles. The van der Waals surface area contributed by atoms with Gasteiger partial charge < -0.3 is 15.0 Å². The fraction of sp³-hybridized carbons (Fsp3) is 0.310. The Morgan fingerprint density at radius 2 is 1.63 bits per heavy atom. The summed E-state index contributed by atoms with van der Waals surface area (Å²) >= 11 is 0.